The molecule has 0 aliphatic carbocycles. The van der Waals surface area contributed by atoms with Crippen LogP contribution in [-0.4, -0.2) is 42.1 Å². The Kier molecular flexibility index (Phi) is 5.29. The number of pyridine rings is 2. The van der Waals surface area contributed by atoms with Crippen LogP contribution in [0.4, 0.5) is 5.82 Å². The average Bonchev–Trinajstić information content (AvgIpc) is 2.61. The lowest BCUT2D eigenvalue weighted by molar-refractivity contribution is 0.425. The molecule has 1 N–H and O–H groups in total. The van der Waals surface area contributed by atoms with E-state index < -0.39 is 0 Å². The highest BCUT2D eigenvalue weighted by atomic mass is 15.1. The van der Waals surface area contributed by atoms with E-state index in [1.165, 1.54) is 16.3 Å². The van der Waals surface area contributed by atoms with Gasteiger partial charge in [0.2, 0.25) is 0 Å². The Morgan fingerprint density at radius 1 is 1.04 bits per heavy atom. The molecule has 3 rings (SSSR count). The fourth-order valence-electron chi connectivity index (χ4n) is 2.92. The van der Waals surface area contributed by atoms with E-state index in [2.05, 4.69) is 61.3 Å². The summed E-state index contributed by atoms with van der Waals surface area (Å²) in [6.45, 7) is 6.29. The van der Waals surface area contributed by atoms with E-state index in [0.29, 0.717) is 5.92 Å². The lowest BCUT2D eigenvalue weighted by Gasteiger charge is -2.16. The van der Waals surface area contributed by atoms with E-state index in [9.17, 15) is 0 Å². The summed E-state index contributed by atoms with van der Waals surface area (Å²) >= 11 is 0. The van der Waals surface area contributed by atoms with Gasteiger partial charge < -0.3 is 10.2 Å². The zero-order chi connectivity index (χ0) is 17.8. The third-order valence-corrected chi connectivity index (χ3v) is 4.42. The molecule has 0 bridgehead atoms. The normalized spacial score (nSPS) is 11.4. The topological polar surface area (TPSA) is 41.1 Å². The fraction of sp³-hybridized carbons (Fsp3) is 0.333. The second kappa shape index (κ2) is 7.62. The van der Waals surface area contributed by atoms with Crippen molar-refractivity contribution in [3.8, 4) is 11.1 Å². The number of nitrogens with zero attached hydrogens (tertiary/aromatic N) is 3. The molecule has 0 amide bonds. The SMILES string of the molecule is CC(C)c1ccc2c(-c3ccncc3)cnc(NCCN(C)C)c2c1. The molecule has 0 spiro atoms. The van der Waals surface area contributed by atoms with Crippen molar-refractivity contribution in [2.24, 2.45) is 0 Å². The molecule has 0 aliphatic rings. The van der Waals surface area contributed by atoms with Crippen LogP contribution in [0.5, 0.6) is 0 Å². The van der Waals surface area contributed by atoms with Crippen LogP contribution in [-0.2, 0) is 0 Å². The van der Waals surface area contributed by atoms with Crippen molar-refractivity contribution in [2.45, 2.75) is 19.8 Å². The molecule has 0 saturated carbocycles. The van der Waals surface area contributed by atoms with Crippen molar-refractivity contribution >= 4 is 16.6 Å². The predicted octanol–water partition coefficient (Wildman–Crippen LogP) is 4.39. The molecule has 4 nitrogen and oxygen atoms in total. The van der Waals surface area contributed by atoms with Crippen molar-refractivity contribution in [1.82, 2.24) is 14.9 Å². The van der Waals surface area contributed by atoms with Gasteiger partial charge in [-0.15, -0.1) is 0 Å². The van der Waals surface area contributed by atoms with Crippen molar-refractivity contribution < 1.29 is 0 Å². The van der Waals surface area contributed by atoms with E-state index >= 15 is 0 Å². The van der Waals surface area contributed by atoms with Gasteiger partial charge in [-0.05, 0) is 54.7 Å². The van der Waals surface area contributed by atoms with Gasteiger partial charge in [-0.1, -0.05) is 26.0 Å². The Morgan fingerprint density at radius 3 is 2.48 bits per heavy atom. The minimum Gasteiger partial charge on any atom is -0.368 e. The molecule has 3 aromatic rings. The molecular formula is C21H26N4. The van der Waals surface area contributed by atoms with Gasteiger partial charge in [0.15, 0.2) is 0 Å². The first-order chi connectivity index (χ1) is 12.1. The lowest BCUT2D eigenvalue weighted by Crippen LogP contribution is -2.21. The van der Waals surface area contributed by atoms with Crippen LogP contribution < -0.4 is 5.32 Å². The monoisotopic (exact) mass is 334 g/mol. The van der Waals surface area contributed by atoms with Crippen molar-refractivity contribution in [3.05, 3.63) is 54.5 Å². The van der Waals surface area contributed by atoms with Gasteiger partial charge in [-0.25, -0.2) is 4.98 Å². The molecule has 2 heterocycles. The van der Waals surface area contributed by atoms with Gasteiger partial charge >= 0.3 is 0 Å². The van der Waals surface area contributed by atoms with Crippen molar-refractivity contribution in [3.63, 3.8) is 0 Å². The van der Waals surface area contributed by atoms with E-state index in [-0.39, 0.29) is 0 Å². The van der Waals surface area contributed by atoms with Crippen LogP contribution in [0, 0.1) is 0 Å². The second-order valence-corrected chi connectivity index (χ2v) is 6.95. The minimum absolute atomic E-state index is 0.489. The van der Waals surface area contributed by atoms with Gasteiger partial charge in [0.25, 0.3) is 0 Å². The first kappa shape index (κ1) is 17.4. The molecule has 1 aromatic carbocycles. The molecule has 2 aromatic heterocycles. The number of benzene rings is 1. The molecule has 0 fully saturated rings. The van der Waals surface area contributed by atoms with Gasteiger partial charge in [-0.3, -0.25) is 4.98 Å². The number of anilines is 1. The second-order valence-electron chi connectivity index (χ2n) is 6.95. The van der Waals surface area contributed by atoms with Crippen LogP contribution in [0.2, 0.25) is 0 Å². The largest absolute Gasteiger partial charge is 0.368 e. The maximum Gasteiger partial charge on any atom is 0.133 e. The number of aromatic nitrogens is 2. The third-order valence-electron chi connectivity index (χ3n) is 4.42. The molecule has 25 heavy (non-hydrogen) atoms. The van der Waals surface area contributed by atoms with Crippen molar-refractivity contribution in [1.29, 1.82) is 0 Å². The lowest BCUT2D eigenvalue weighted by atomic mass is 9.96. The fourth-order valence-corrected chi connectivity index (χ4v) is 2.92. The first-order valence-electron chi connectivity index (χ1n) is 8.78. The summed E-state index contributed by atoms with van der Waals surface area (Å²) in [4.78, 5) is 11.0. The van der Waals surface area contributed by atoms with Gasteiger partial charge in [-0.2, -0.15) is 0 Å². The number of rotatable bonds is 6. The summed E-state index contributed by atoms with van der Waals surface area (Å²) in [5.74, 6) is 1.45. The van der Waals surface area contributed by atoms with E-state index in [0.717, 1.165) is 30.0 Å². The summed E-state index contributed by atoms with van der Waals surface area (Å²) in [5, 5.41) is 5.90. The first-order valence-corrected chi connectivity index (χ1v) is 8.78. The van der Waals surface area contributed by atoms with Gasteiger partial charge in [0.05, 0.1) is 0 Å². The standard InChI is InChI=1S/C21H26N4/c1-15(2)17-5-6-18-19(13-17)21(23-11-12-25(3)4)24-14-20(18)16-7-9-22-10-8-16/h5-10,13-15H,11-12H2,1-4H3,(H,23,24). The zero-order valence-electron chi connectivity index (χ0n) is 15.5. The quantitative estimate of drug-likeness (QED) is 0.726. The van der Waals surface area contributed by atoms with Crippen molar-refractivity contribution in [2.75, 3.05) is 32.5 Å². The third kappa shape index (κ3) is 3.97. The highest BCUT2D eigenvalue weighted by Gasteiger charge is 2.11. The number of likely N-dealkylation sites (N-methyl/N-ethyl adjacent to an activating group) is 1. The smallest absolute Gasteiger partial charge is 0.133 e. The number of fused-ring (bicyclic) bond motifs is 1. The Labute approximate surface area is 149 Å². The summed E-state index contributed by atoms with van der Waals surface area (Å²) < 4.78 is 0. The van der Waals surface area contributed by atoms with Crippen LogP contribution in [0.25, 0.3) is 21.9 Å². The molecule has 130 valence electrons. The van der Waals surface area contributed by atoms with E-state index in [1.807, 2.05) is 30.7 Å². The summed E-state index contributed by atoms with van der Waals surface area (Å²) in [7, 11) is 4.16. The van der Waals surface area contributed by atoms with Crippen LogP contribution in [0.15, 0.2) is 48.9 Å². The van der Waals surface area contributed by atoms with Gasteiger partial charge in [0, 0.05) is 42.6 Å². The molecule has 0 radical (unpaired) electrons. The molecular weight excluding hydrogens is 308 g/mol. The summed E-state index contributed by atoms with van der Waals surface area (Å²) in [6, 6.07) is 10.8. The maximum atomic E-state index is 4.73. The molecule has 0 unspecified atom stereocenters. The van der Waals surface area contributed by atoms with Gasteiger partial charge in [0.1, 0.15) is 5.82 Å². The van der Waals surface area contributed by atoms with Crippen LogP contribution in [0.1, 0.15) is 25.3 Å². The number of hydrogen-bond donors (Lipinski definition) is 1. The number of hydrogen-bond acceptors (Lipinski definition) is 4. The molecule has 0 saturated heterocycles. The van der Waals surface area contributed by atoms with E-state index in [1.54, 1.807) is 0 Å². The van der Waals surface area contributed by atoms with E-state index in [4.69, 9.17) is 4.98 Å². The highest BCUT2D eigenvalue weighted by Crippen LogP contribution is 2.33. The average molecular weight is 334 g/mol. The molecule has 0 atom stereocenters. The van der Waals surface area contributed by atoms with Crippen LogP contribution >= 0.6 is 0 Å². The Hall–Kier alpha value is -2.46. The maximum absolute atomic E-state index is 4.73. The molecule has 4 heteroatoms. The predicted molar refractivity (Wildman–Crippen MR) is 106 cm³/mol. The Balaban J connectivity index is 2.09. The molecule has 0 aliphatic heterocycles. The van der Waals surface area contributed by atoms with Crippen LogP contribution in [0.3, 0.4) is 0 Å². The zero-order valence-corrected chi connectivity index (χ0v) is 15.5. The summed E-state index contributed by atoms with van der Waals surface area (Å²) in [5.41, 5.74) is 3.62. The number of nitrogens with one attached hydrogen (secondary N) is 1. The minimum atomic E-state index is 0.489. The summed E-state index contributed by atoms with van der Waals surface area (Å²) in [6.07, 6.45) is 5.62. The Bertz CT molecular complexity index is 841. The Morgan fingerprint density at radius 2 is 1.80 bits per heavy atom. The highest BCUT2D eigenvalue weighted by molar-refractivity contribution is 6.02.